The fourth-order valence-electron chi connectivity index (χ4n) is 3.11. The standard InChI is InChI=1S/C20H27FN2O3/c1-4-7-9-23(10-8-5-2)18-12-17-14(11-16(18)21)19(24)15(20(25)26)13-22(17)6-3/h11-13H,4-10H2,1-3H3,(H,25,26). The summed E-state index contributed by atoms with van der Waals surface area (Å²) in [6.07, 6.45) is 5.29. The van der Waals surface area contributed by atoms with E-state index in [2.05, 4.69) is 13.8 Å². The van der Waals surface area contributed by atoms with Crippen LogP contribution in [0.15, 0.2) is 23.1 Å². The van der Waals surface area contributed by atoms with Gasteiger partial charge in [0.05, 0.1) is 11.2 Å². The van der Waals surface area contributed by atoms with Crippen molar-refractivity contribution in [2.24, 2.45) is 0 Å². The molecule has 2 rings (SSSR count). The summed E-state index contributed by atoms with van der Waals surface area (Å²) in [5.74, 6) is -1.77. The van der Waals surface area contributed by atoms with Gasteiger partial charge in [0.15, 0.2) is 0 Å². The van der Waals surface area contributed by atoms with Crippen LogP contribution in [-0.2, 0) is 6.54 Å². The molecule has 0 radical (unpaired) electrons. The largest absolute Gasteiger partial charge is 0.477 e. The zero-order valence-corrected chi connectivity index (χ0v) is 15.7. The molecule has 0 unspecified atom stereocenters. The number of aryl methyl sites for hydroxylation is 1. The van der Waals surface area contributed by atoms with E-state index >= 15 is 0 Å². The van der Waals surface area contributed by atoms with Crippen LogP contribution < -0.4 is 10.3 Å². The minimum absolute atomic E-state index is 0.110. The van der Waals surface area contributed by atoms with E-state index < -0.39 is 17.2 Å². The number of anilines is 1. The molecule has 1 aromatic carbocycles. The SMILES string of the molecule is CCCCN(CCCC)c1cc2c(cc1F)c(=O)c(C(=O)O)cn2CC. The molecule has 0 atom stereocenters. The minimum Gasteiger partial charge on any atom is -0.477 e. The summed E-state index contributed by atoms with van der Waals surface area (Å²) in [4.78, 5) is 25.8. The highest BCUT2D eigenvalue weighted by Crippen LogP contribution is 2.26. The highest BCUT2D eigenvalue weighted by molar-refractivity contribution is 5.93. The van der Waals surface area contributed by atoms with Crippen LogP contribution in [0.4, 0.5) is 10.1 Å². The number of pyridine rings is 1. The van der Waals surface area contributed by atoms with Crippen LogP contribution in [0.3, 0.4) is 0 Å². The number of rotatable bonds is 9. The Kier molecular flexibility index (Phi) is 6.77. The van der Waals surface area contributed by atoms with Crippen LogP contribution in [0, 0.1) is 5.82 Å². The van der Waals surface area contributed by atoms with Gasteiger partial charge in [-0.05, 0) is 31.9 Å². The summed E-state index contributed by atoms with van der Waals surface area (Å²) in [5.41, 5.74) is 0.0672. The fraction of sp³-hybridized carbons (Fsp3) is 0.500. The van der Waals surface area contributed by atoms with Gasteiger partial charge in [-0.1, -0.05) is 26.7 Å². The lowest BCUT2D eigenvalue weighted by Gasteiger charge is -2.26. The Morgan fingerprint density at radius 2 is 1.77 bits per heavy atom. The number of benzene rings is 1. The number of halogens is 1. The van der Waals surface area contributed by atoms with Gasteiger partial charge >= 0.3 is 5.97 Å². The number of hydrogen-bond acceptors (Lipinski definition) is 3. The summed E-state index contributed by atoms with van der Waals surface area (Å²) in [5, 5.41) is 9.35. The highest BCUT2D eigenvalue weighted by atomic mass is 19.1. The summed E-state index contributed by atoms with van der Waals surface area (Å²) < 4.78 is 16.5. The molecule has 0 aliphatic carbocycles. The average molecular weight is 362 g/mol. The van der Waals surface area contributed by atoms with Gasteiger partial charge in [0, 0.05) is 31.2 Å². The van der Waals surface area contributed by atoms with Gasteiger partial charge in [-0.3, -0.25) is 4.79 Å². The van der Waals surface area contributed by atoms with Crippen molar-refractivity contribution in [3.8, 4) is 0 Å². The third-order valence-corrected chi connectivity index (χ3v) is 4.62. The Hall–Kier alpha value is -2.37. The molecular weight excluding hydrogens is 335 g/mol. The number of hydrogen-bond donors (Lipinski definition) is 1. The van der Waals surface area contributed by atoms with Crippen LogP contribution in [0.1, 0.15) is 56.8 Å². The maximum absolute atomic E-state index is 14.8. The smallest absolute Gasteiger partial charge is 0.341 e. The molecular formula is C20H27FN2O3. The van der Waals surface area contributed by atoms with Gasteiger partial charge in [0.2, 0.25) is 5.43 Å². The van der Waals surface area contributed by atoms with Gasteiger partial charge in [0.1, 0.15) is 11.4 Å². The highest BCUT2D eigenvalue weighted by Gasteiger charge is 2.18. The van der Waals surface area contributed by atoms with Crippen molar-refractivity contribution in [3.63, 3.8) is 0 Å². The van der Waals surface area contributed by atoms with Crippen LogP contribution in [0.2, 0.25) is 0 Å². The molecule has 0 bridgehead atoms. The number of carbonyl (C=O) groups is 1. The third-order valence-electron chi connectivity index (χ3n) is 4.62. The van der Waals surface area contributed by atoms with E-state index in [1.165, 1.54) is 12.3 Å². The summed E-state index contributed by atoms with van der Waals surface area (Å²) in [6.45, 7) is 8.05. The van der Waals surface area contributed by atoms with Crippen LogP contribution in [-0.4, -0.2) is 28.7 Å². The Labute approximate surface area is 153 Å². The summed E-state index contributed by atoms with van der Waals surface area (Å²) >= 11 is 0. The quantitative estimate of drug-likeness (QED) is 0.724. The van der Waals surface area contributed by atoms with Crippen LogP contribution in [0.5, 0.6) is 0 Å². The minimum atomic E-state index is -1.30. The topological polar surface area (TPSA) is 62.5 Å². The second kappa shape index (κ2) is 8.83. The Bertz CT molecular complexity index is 837. The maximum atomic E-state index is 14.8. The van der Waals surface area contributed by atoms with Crippen molar-refractivity contribution in [1.82, 2.24) is 4.57 Å². The monoisotopic (exact) mass is 362 g/mol. The number of carboxylic acids is 1. The van der Waals surface area contributed by atoms with E-state index in [1.54, 1.807) is 10.6 Å². The summed E-state index contributed by atoms with van der Waals surface area (Å²) in [6, 6.07) is 2.88. The van der Waals surface area contributed by atoms with E-state index in [4.69, 9.17) is 0 Å². The fourth-order valence-corrected chi connectivity index (χ4v) is 3.11. The van der Waals surface area contributed by atoms with Gasteiger partial charge in [-0.15, -0.1) is 0 Å². The molecule has 2 aromatic rings. The van der Waals surface area contributed by atoms with Gasteiger partial charge in [-0.2, -0.15) is 0 Å². The number of fused-ring (bicyclic) bond motifs is 1. The lowest BCUT2D eigenvalue weighted by Crippen LogP contribution is -2.27. The van der Waals surface area contributed by atoms with Gasteiger partial charge in [0.25, 0.3) is 0 Å². The van der Waals surface area contributed by atoms with Crippen LogP contribution in [0.25, 0.3) is 10.9 Å². The van der Waals surface area contributed by atoms with E-state index in [-0.39, 0.29) is 10.9 Å². The average Bonchev–Trinajstić information content (AvgIpc) is 2.62. The second-order valence-corrected chi connectivity index (χ2v) is 6.48. The first-order chi connectivity index (χ1) is 12.4. The predicted molar refractivity (Wildman–Crippen MR) is 103 cm³/mol. The van der Waals surface area contributed by atoms with Crippen molar-refractivity contribution >= 4 is 22.6 Å². The Balaban J connectivity index is 2.65. The summed E-state index contributed by atoms with van der Waals surface area (Å²) in [7, 11) is 0. The number of aromatic nitrogens is 1. The first-order valence-electron chi connectivity index (χ1n) is 9.29. The van der Waals surface area contributed by atoms with Crippen molar-refractivity contribution in [3.05, 3.63) is 39.9 Å². The Morgan fingerprint density at radius 1 is 1.15 bits per heavy atom. The zero-order chi connectivity index (χ0) is 19.3. The Morgan fingerprint density at radius 3 is 2.27 bits per heavy atom. The molecule has 0 amide bonds. The van der Waals surface area contributed by atoms with Gasteiger partial charge in [-0.25, -0.2) is 9.18 Å². The van der Waals surface area contributed by atoms with E-state index in [0.717, 1.165) is 38.8 Å². The molecule has 6 heteroatoms. The molecule has 142 valence electrons. The van der Waals surface area contributed by atoms with Gasteiger partial charge < -0.3 is 14.6 Å². The molecule has 0 aliphatic rings. The van der Waals surface area contributed by atoms with E-state index in [0.29, 0.717) is 17.7 Å². The van der Waals surface area contributed by atoms with E-state index in [9.17, 15) is 19.1 Å². The number of unbranched alkanes of at least 4 members (excludes halogenated alkanes) is 2. The molecule has 0 fully saturated rings. The second-order valence-electron chi connectivity index (χ2n) is 6.48. The maximum Gasteiger partial charge on any atom is 0.341 e. The van der Waals surface area contributed by atoms with Crippen molar-refractivity contribution < 1.29 is 14.3 Å². The molecule has 0 aliphatic heterocycles. The molecule has 0 spiro atoms. The third kappa shape index (κ3) is 4.06. The van der Waals surface area contributed by atoms with E-state index in [1.807, 2.05) is 11.8 Å². The van der Waals surface area contributed by atoms with Crippen molar-refractivity contribution in [1.29, 1.82) is 0 Å². The number of aromatic carboxylic acids is 1. The van der Waals surface area contributed by atoms with Crippen molar-refractivity contribution in [2.75, 3.05) is 18.0 Å². The normalized spacial score (nSPS) is 11.1. The molecule has 1 aromatic heterocycles. The number of nitrogens with zero attached hydrogens (tertiary/aromatic N) is 2. The lowest BCUT2D eigenvalue weighted by molar-refractivity contribution is 0.0695. The molecule has 26 heavy (non-hydrogen) atoms. The van der Waals surface area contributed by atoms with Crippen molar-refractivity contribution in [2.45, 2.75) is 53.0 Å². The molecule has 1 N–H and O–H groups in total. The number of carboxylic acid groups (broad SMARTS) is 1. The zero-order valence-electron chi connectivity index (χ0n) is 15.7. The first-order valence-corrected chi connectivity index (χ1v) is 9.29. The predicted octanol–water partition coefficient (Wildman–Crippen LogP) is 4.27. The molecule has 1 heterocycles. The first kappa shape index (κ1) is 19.9. The molecule has 0 saturated carbocycles. The van der Waals surface area contributed by atoms with Crippen LogP contribution >= 0.6 is 0 Å². The molecule has 0 saturated heterocycles. The molecule has 5 nitrogen and oxygen atoms in total. The lowest BCUT2D eigenvalue weighted by atomic mass is 10.1.